The predicted molar refractivity (Wildman–Crippen MR) is 98.1 cm³/mol. The Hall–Kier alpha value is -2.40. The van der Waals surface area contributed by atoms with Crippen molar-refractivity contribution in [1.82, 2.24) is 14.8 Å². The number of aromatic nitrogens is 1. The van der Waals surface area contributed by atoms with Crippen LogP contribution in [0.15, 0.2) is 48.8 Å². The van der Waals surface area contributed by atoms with Gasteiger partial charge in [0.15, 0.2) is 0 Å². The van der Waals surface area contributed by atoms with Crippen molar-refractivity contribution in [3.63, 3.8) is 0 Å². The minimum Gasteiger partial charge on any atom is -0.344 e. The number of hydrogen-bond acceptors (Lipinski definition) is 3. The highest BCUT2D eigenvalue weighted by molar-refractivity contribution is 6.31. The first-order valence-corrected chi connectivity index (χ1v) is 8.47. The van der Waals surface area contributed by atoms with Crippen LogP contribution in [0.5, 0.6) is 0 Å². The normalized spacial score (nSPS) is 10.4. The topological polar surface area (TPSA) is 53.5 Å². The molecule has 1 aromatic carbocycles. The maximum absolute atomic E-state index is 12.4. The van der Waals surface area contributed by atoms with Gasteiger partial charge in [0.2, 0.25) is 11.8 Å². The van der Waals surface area contributed by atoms with E-state index in [1.165, 1.54) is 11.8 Å². The summed E-state index contributed by atoms with van der Waals surface area (Å²) in [6.07, 6.45) is 4.21. The van der Waals surface area contributed by atoms with Crippen molar-refractivity contribution in [2.75, 3.05) is 20.1 Å². The van der Waals surface area contributed by atoms with Crippen LogP contribution in [0.3, 0.4) is 0 Å². The molecule has 5 nitrogen and oxygen atoms in total. The van der Waals surface area contributed by atoms with Crippen molar-refractivity contribution >= 4 is 23.4 Å². The van der Waals surface area contributed by atoms with E-state index in [-0.39, 0.29) is 18.4 Å². The summed E-state index contributed by atoms with van der Waals surface area (Å²) in [5.41, 5.74) is 1.95. The molecule has 0 saturated carbocycles. The highest BCUT2D eigenvalue weighted by atomic mass is 35.5. The molecular weight excluding hydrogens is 338 g/mol. The lowest BCUT2D eigenvalue weighted by molar-refractivity contribution is -0.139. The van der Waals surface area contributed by atoms with Crippen molar-refractivity contribution in [3.8, 4) is 0 Å². The smallest absolute Gasteiger partial charge is 0.241 e. The van der Waals surface area contributed by atoms with Crippen molar-refractivity contribution in [1.29, 1.82) is 0 Å². The first kappa shape index (κ1) is 18.9. The summed E-state index contributed by atoms with van der Waals surface area (Å²) in [7, 11) is 1.75. The van der Waals surface area contributed by atoms with E-state index in [1.54, 1.807) is 30.4 Å². The van der Waals surface area contributed by atoms with Crippen LogP contribution in [0.25, 0.3) is 0 Å². The maximum Gasteiger partial charge on any atom is 0.241 e. The van der Waals surface area contributed by atoms with Crippen molar-refractivity contribution in [3.05, 3.63) is 64.9 Å². The average molecular weight is 360 g/mol. The fourth-order valence-electron chi connectivity index (χ4n) is 2.37. The molecule has 0 saturated heterocycles. The number of carbonyl (C=O) groups excluding carboxylic acids is 2. The van der Waals surface area contributed by atoms with Gasteiger partial charge in [0.25, 0.3) is 0 Å². The lowest BCUT2D eigenvalue weighted by Crippen LogP contribution is -2.41. The number of amides is 2. The number of nitrogens with zero attached hydrogens (tertiary/aromatic N) is 3. The molecule has 1 heterocycles. The molecule has 0 unspecified atom stereocenters. The zero-order chi connectivity index (χ0) is 18.2. The van der Waals surface area contributed by atoms with Crippen LogP contribution in [0, 0.1) is 0 Å². The van der Waals surface area contributed by atoms with E-state index in [9.17, 15) is 9.59 Å². The molecule has 2 aromatic rings. The zero-order valence-electron chi connectivity index (χ0n) is 14.5. The number of halogens is 1. The summed E-state index contributed by atoms with van der Waals surface area (Å²) < 4.78 is 0. The van der Waals surface area contributed by atoms with E-state index < -0.39 is 0 Å². The lowest BCUT2D eigenvalue weighted by Gasteiger charge is -2.25. The van der Waals surface area contributed by atoms with Crippen LogP contribution in [0.4, 0.5) is 0 Å². The van der Waals surface area contributed by atoms with Crippen LogP contribution in [-0.4, -0.2) is 46.7 Å². The Morgan fingerprint density at radius 2 is 1.80 bits per heavy atom. The van der Waals surface area contributed by atoms with Gasteiger partial charge in [-0.3, -0.25) is 14.6 Å². The molecule has 1 aromatic heterocycles. The summed E-state index contributed by atoms with van der Waals surface area (Å²) in [5, 5.41) is 0.590. The quantitative estimate of drug-likeness (QED) is 0.763. The number of likely N-dealkylation sites (N-methyl/N-ethyl adjacent to an activating group) is 1. The first-order valence-electron chi connectivity index (χ1n) is 8.09. The lowest BCUT2D eigenvalue weighted by atomic mass is 10.2. The minimum atomic E-state index is -0.157. The second-order valence-electron chi connectivity index (χ2n) is 5.89. The molecule has 25 heavy (non-hydrogen) atoms. The molecular formula is C19H22ClN3O2. The number of hydrogen-bond donors (Lipinski definition) is 0. The van der Waals surface area contributed by atoms with Gasteiger partial charge >= 0.3 is 0 Å². The largest absolute Gasteiger partial charge is 0.344 e. The average Bonchev–Trinajstić information content (AvgIpc) is 2.61. The van der Waals surface area contributed by atoms with Crippen molar-refractivity contribution < 1.29 is 9.59 Å². The maximum atomic E-state index is 12.4. The number of benzene rings is 1. The van der Waals surface area contributed by atoms with Gasteiger partial charge in [0.05, 0.1) is 0 Å². The van der Waals surface area contributed by atoms with Crippen molar-refractivity contribution in [2.24, 2.45) is 0 Å². The predicted octanol–water partition coefficient (Wildman–Crippen LogP) is 2.78. The van der Waals surface area contributed by atoms with E-state index in [0.29, 0.717) is 18.1 Å². The van der Waals surface area contributed by atoms with E-state index in [0.717, 1.165) is 17.5 Å². The molecule has 2 amide bonds. The van der Waals surface area contributed by atoms with Crippen LogP contribution in [0.1, 0.15) is 18.1 Å². The van der Waals surface area contributed by atoms with E-state index in [4.69, 9.17) is 11.6 Å². The van der Waals surface area contributed by atoms with Gasteiger partial charge < -0.3 is 9.80 Å². The Labute approximate surface area is 153 Å². The second-order valence-corrected chi connectivity index (χ2v) is 6.29. The molecule has 0 aliphatic carbocycles. The summed E-state index contributed by atoms with van der Waals surface area (Å²) in [5.74, 6) is -0.257. The van der Waals surface area contributed by atoms with Gasteiger partial charge in [-0.25, -0.2) is 0 Å². The summed E-state index contributed by atoms with van der Waals surface area (Å²) >= 11 is 6.15. The monoisotopic (exact) mass is 359 g/mol. The highest BCUT2D eigenvalue weighted by Gasteiger charge is 2.18. The molecule has 6 heteroatoms. The Balaban J connectivity index is 1.93. The molecule has 0 aliphatic rings. The van der Waals surface area contributed by atoms with Gasteiger partial charge in [-0.15, -0.1) is 0 Å². The van der Waals surface area contributed by atoms with Gasteiger partial charge in [0.1, 0.15) is 6.54 Å². The summed E-state index contributed by atoms with van der Waals surface area (Å²) in [4.78, 5) is 31.5. The van der Waals surface area contributed by atoms with Crippen molar-refractivity contribution in [2.45, 2.75) is 19.9 Å². The fraction of sp³-hybridized carbons (Fsp3) is 0.316. The molecule has 0 fully saturated rings. The van der Waals surface area contributed by atoms with E-state index in [1.807, 2.05) is 30.3 Å². The number of carbonyl (C=O) groups is 2. The molecule has 0 bridgehead atoms. The number of pyridine rings is 1. The van der Waals surface area contributed by atoms with Gasteiger partial charge in [-0.2, -0.15) is 0 Å². The van der Waals surface area contributed by atoms with Gasteiger partial charge in [-0.1, -0.05) is 29.8 Å². The third kappa shape index (κ3) is 5.87. The van der Waals surface area contributed by atoms with Crippen LogP contribution < -0.4 is 0 Å². The fourth-order valence-corrected chi connectivity index (χ4v) is 2.56. The Bertz CT molecular complexity index is 722. The van der Waals surface area contributed by atoms with Gasteiger partial charge in [-0.05, 0) is 35.7 Å². The van der Waals surface area contributed by atoms with E-state index in [2.05, 4.69) is 4.98 Å². The summed E-state index contributed by atoms with van der Waals surface area (Å²) in [6, 6.07) is 11.2. The third-order valence-electron chi connectivity index (χ3n) is 4.00. The Morgan fingerprint density at radius 1 is 1.12 bits per heavy atom. The molecule has 0 spiro atoms. The Morgan fingerprint density at radius 3 is 2.44 bits per heavy atom. The molecule has 0 radical (unpaired) electrons. The molecule has 2 rings (SSSR count). The standard InChI is InChI=1S/C19H22ClN3O2/c1-15(24)23(13-17-5-3-4-6-18(17)20)14-19(25)22(2)12-9-16-7-10-21-11-8-16/h3-8,10-11H,9,12-14H2,1-2H3. The van der Waals surface area contributed by atoms with Crippen LogP contribution in [0.2, 0.25) is 5.02 Å². The zero-order valence-corrected chi connectivity index (χ0v) is 15.2. The number of rotatable bonds is 7. The Kier molecular flexibility index (Phi) is 6.95. The van der Waals surface area contributed by atoms with Crippen LogP contribution in [-0.2, 0) is 22.6 Å². The molecule has 0 aliphatic heterocycles. The SMILES string of the molecule is CC(=O)N(CC(=O)N(C)CCc1ccncc1)Cc1ccccc1Cl. The third-order valence-corrected chi connectivity index (χ3v) is 4.37. The molecule has 0 N–H and O–H groups in total. The molecule has 0 atom stereocenters. The molecule has 132 valence electrons. The minimum absolute atomic E-state index is 0.0351. The van der Waals surface area contributed by atoms with Crippen LogP contribution >= 0.6 is 11.6 Å². The summed E-state index contributed by atoms with van der Waals surface area (Å²) in [6.45, 7) is 2.40. The highest BCUT2D eigenvalue weighted by Crippen LogP contribution is 2.17. The van der Waals surface area contributed by atoms with E-state index >= 15 is 0 Å². The second kappa shape index (κ2) is 9.18. The first-order chi connectivity index (χ1) is 12.0. The van der Waals surface area contributed by atoms with Gasteiger partial charge in [0, 0.05) is 44.5 Å².